The molecule has 3 aromatic rings. The summed E-state index contributed by atoms with van der Waals surface area (Å²) in [7, 11) is 1.60. The molecule has 0 aliphatic carbocycles. The van der Waals surface area contributed by atoms with E-state index in [1.54, 1.807) is 24.5 Å². The van der Waals surface area contributed by atoms with E-state index in [2.05, 4.69) is 10.4 Å². The third kappa shape index (κ3) is 3.17. The monoisotopic (exact) mass is 327 g/mol. The van der Waals surface area contributed by atoms with Gasteiger partial charge < -0.3 is 5.32 Å². The van der Waals surface area contributed by atoms with Gasteiger partial charge in [-0.1, -0.05) is 24.3 Å². The Morgan fingerprint density at radius 2 is 2.00 bits per heavy atom. The van der Waals surface area contributed by atoms with E-state index >= 15 is 0 Å². The summed E-state index contributed by atoms with van der Waals surface area (Å²) in [5, 5.41) is 10.5. The highest BCUT2D eigenvalue weighted by atomic mass is 32.1. The fourth-order valence-electron chi connectivity index (χ4n) is 2.56. The van der Waals surface area contributed by atoms with Crippen molar-refractivity contribution < 1.29 is 4.79 Å². The van der Waals surface area contributed by atoms with Crippen molar-refractivity contribution in [2.75, 3.05) is 0 Å². The third-order valence-corrected chi connectivity index (χ3v) is 4.76. The molecule has 0 aliphatic rings. The van der Waals surface area contributed by atoms with Crippen LogP contribution >= 0.6 is 11.3 Å². The Hall–Kier alpha value is -2.47. The number of hydrogen-bond acceptors (Lipinski definition) is 4. The van der Waals surface area contributed by atoms with Gasteiger partial charge in [0.25, 0.3) is 5.56 Å². The molecule has 6 heteroatoms. The fourth-order valence-corrected chi connectivity index (χ4v) is 3.29. The average molecular weight is 327 g/mol. The molecule has 0 saturated carbocycles. The number of nitrogens with one attached hydrogen (secondary N) is 1. The van der Waals surface area contributed by atoms with Gasteiger partial charge in [0.1, 0.15) is 0 Å². The number of carbonyl (C=O) groups excluding carboxylic acids is 1. The maximum Gasteiger partial charge on any atom is 0.274 e. The molecule has 118 valence electrons. The van der Waals surface area contributed by atoms with Crippen LogP contribution < -0.4 is 10.9 Å². The normalized spacial score (nSPS) is 12.3. The topological polar surface area (TPSA) is 64.0 Å². The largest absolute Gasteiger partial charge is 0.348 e. The van der Waals surface area contributed by atoms with Crippen molar-refractivity contribution in [1.82, 2.24) is 15.1 Å². The van der Waals surface area contributed by atoms with Crippen LogP contribution in [0.2, 0.25) is 0 Å². The van der Waals surface area contributed by atoms with Crippen molar-refractivity contribution in [3.8, 4) is 0 Å². The summed E-state index contributed by atoms with van der Waals surface area (Å²) >= 11 is 1.61. The summed E-state index contributed by atoms with van der Waals surface area (Å²) in [4.78, 5) is 25.5. The van der Waals surface area contributed by atoms with Crippen LogP contribution in [0.25, 0.3) is 10.8 Å². The second kappa shape index (κ2) is 6.34. The van der Waals surface area contributed by atoms with Crippen LogP contribution in [-0.4, -0.2) is 15.7 Å². The van der Waals surface area contributed by atoms with E-state index in [9.17, 15) is 9.59 Å². The summed E-state index contributed by atoms with van der Waals surface area (Å²) in [6, 6.07) is 11.2. The van der Waals surface area contributed by atoms with E-state index in [1.165, 1.54) is 4.68 Å². The Kier molecular flexibility index (Phi) is 4.25. The SMILES string of the molecule is CC(NC(=O)Cc1nn(C)c(=O)c2ccccc12)c1cccs1. The van der Waals surface area contributed by atoms with Crippen molar-refractivity contribution in [2.24, 2.45) is 7.05 Å². The van der Waals surface area contributed by atoms with Crippen molar-refractivity contribution in [2.45, 2.75) is 19.4 Å². The molecule has 2 heterocycles. The maximum atomic E-state index is 12.3. The minimum absolute atomic E-state index is 0.0405. The zero-order chi connectivity index (χ0) is 16.4. The van der Waals surface area contributed by atoms with Gasteiger partial charge in [-0.25, -0.2) is 4.68 Å². The minimum atomic E-state index is -0.156. The molecule has 1 aromatic carbocycles. The Labute approximate surface area is 137 Å². The first-order chi connectivity index (χ1) is 11.1. The second-order valence-electron chi connectivity index (χ2n) is 5.40. The van der Waals surface area contributed by atoms with Gasteiger partial charge in [0.05, 0.1) is 23.5 Å². The smallest absolute Gasteiger partial charge is 0.274 e. The number of carbonyl (C=O) groups is 1. The molecule has 5 nitrogen and oxygen atoms in total. The van der Waals surface area contributed by atoms with E-state index in [0.717, 1.165) is 10.3 Å². The maximum absolute atomic E-state index is 12.3. The number of hydrogen-bond donors (Lipinski definition) is 1. The van der Waals surface area contributed by atoms with E-state index in [1.807, 2.05) is 42.6 Å². The molecular formula is C17H17N3O2S. The van der Waals surface area contributed by atoms with Gasteiger partial charge in [-0.05, 0) is 24.4 Å². The molecule has 0 spiro atoms. The minimum Gasteiger partial charge on any atom is -0.348 e. The molecule has 23 heavy (non-hydrogen) atoms. The lowest BCUT2D eigenvalue weighted by Gasteiger charge is -2.13. The number of nitrogens with zero attached hydrogens (tertiary/aromatic N) is 2. The standard InChI is InChI=1S/C17H17N3O2S/c1-11(15-8-5-9-23-15)18-16(21)10-14-12-6-3-4-7-13(12)17(22)20(2)19-14/h3-9,11H,10H2,1-2H3,(H,18,21). The molecule has 1 amide bonds. The van der Waals surface area contributed by atoms with Crippen LogP contribution in [-0.2, 0) is 18.3 Å². The van der Waals surface area contributed by atoms with E-state index in [0.29, 0.717) is 11.1 Å². The van der Waals surface area contributed by atoms with Gasteiger partial charge in [-0.15, -0.1) is 11.3 Å². The molecule has 0 bridgehead atoms. The number of aryl methyl sites for hydroxylation is 1. The first kappa shape index (κ1) is 15.4. The summed E-state index contributed by atoms with van der Waals surface area (Å²) < 4.78 is 1.29. The second-order valence-corrected chi connectivity index (χ2v) is 6.38. The number of benzene rings is 1. The molecule has 0 saturated heterocycles. The lowest BCUT2D eigenvalue weighted by molar-refractivity contribution is -0.121. The summed E-state index contributed by atoms with van der Waals surface area (Å²) in [6.07, 6.45) is 0.143. The van der Waals surface area contributed by atoms with Crippen molar-refractivity contribution in [1.29, 1.82) is 0 Å². The van der Waals surface area contributed by atoms with Gasteiger partial charge in [-0.2, -0.15) is 5.10 Å². The average Bonchev–Trinajstić information content (AvgIpc) is 3.07. The van der Waals surface area contributed by atoms with Crippen LogP contribution in [0.4, 0.5) is 0 Å². The number of fused-ring (bicyclic) bond motifs is 1. The van der Waals surface area contributed by atoms with Gasteiger partial charge in [-0.3, -0.25) is 9.59 Å². The molecule has 1 unspecified atom stereocenters. The van der Waals surface area contributed by atoms with Crippen LogP contribution in [0.1, 0.15) is 23.5 Å². The molecule has 1 N–H and O–H groups in total. The number of amides is 1. The first-order valence-electron chi connectivity index (χ1n) is 7.34. The molecule has 0 fully saturated rings. The van der Waals surface area contributed by atoms with Crippen LogP contribution in [0, 0.1) is 0 Å². The van der Waals surface area contributed by atoms with Gasteiger partial charge in [0.2, 0.25) is 5.91 Å². The molecule has 3 rings (SSSR count). The molecule has 0 radical (unpaired) electrons. The van der Waals surface area contributed by atoms with E-state index in [-0.39, 0.29) is 23.9 Å². The predicted molar refractivity (Wildman–Crippen MR) is 91.6 cm³/mol. The van der Waals surface area contributed by atoms with Crippen LogP contribution in [0.5, 0.6) is 0 Å². The molecule has 0 aliphatic heterocycles. The van der Waals surface area contributed by atoms with Gasteiger partial charge in [0, 0.05) is 17.3 Å². The lowest BCUT2D eigenvalue weighted by atomic mass is 10.1. The van der Waals surface area contributed by atoms with Crippen molar-refractivity contribution in [3.63, 3.8) is 0 Å². The van der Waals surface area contributed by atoms with Gasteiger partial charge >= 0.3 is 0 Å². The summed E-state index contributed by atoms with van der Waals surface area (Å²) in [5.74, 6) is -0.109. The third-order valence-electron chi connectivity index (χ3n) is 3.71. The Morgan fingerprint density at radius 1 is 1.26 bits per heavy atom. The summed E-state index contributed by atoms with van der Waals surface area (Å²) in [6.45, 7) is 1.95. The molecule has 1 atom stereocenters. The lowest BCUT2D eigenvalue weighted by Crippen LogP contribution is -2.29. The number of thiophene rings is 1. The zero-order valence-corrected chi connectivity index (χ0v) is 13.8. The molecule has 2 aromatic heterocycles. The van der Waals surface area contributed by atoms with E-state index < -0.39 is 0 Å². The molecular weight excluding hydrogens is 310 g/mol. The Bertz CT molecular complexity index is 900. The first-order valence-corrected chi connectivity index (χ1v) is 8.22. The predicted octanol–water partition coefficient (Wildman–Crippen LogP) is 2.41. The van der Waals surface area contributed by atoms with Gasteiger partial charge in [0.15, 0.2) is 0 Å². The fraction of sp³-hybridized carbons (Fsp3) is 0.235. The van der Waals surface area contributed by atoms with Crippen molar-refractivity contribution >= 4 is 28.0 Å². The highest BCUT2D eigenvalue weighted by Crippen LogP contribution is 2.19. The van der Waals surface area contributed by atoms with Crippen molar-refractivity contribution in [3.05, 3.63) is 62.7 Å². The Morgan fingerprint density at radius 3 is 2.70 bits per heavy atom. The number of aromatic nitrogens is 2. The Balaban J connectivity index is 1.85. The quantitative estimate of drug-likeness (QED) is 0.800. The highest BCUT2D eigenvalue weighted by Gasteiger charge is 2.15. The number of rotatable bonds is 4. The van der Waals surface area contributed by atoms with Crippen LogP contribution in [0.3, 0.4) is 0 Å². The highest BCUT2D eigenvalue weighted by molar-refractivity contribution is 7.10. The van der Waals surface area contributed by atoms with E-state index in [4.69, 9.17) is 0 Å². The zero-order valence-electron chi connectivity index (χ0n) is 12.9. The summed E-state index contributed by atoms with van der Waals surface area (Å²) in [5.41, 5.74) is 0.454. The van der Waals surface area contributed by atoms with Crippen LogP contribution in [0.15, 0.2) is 46.6 Å².